The van der Waals surface area contributed by atoms with Crippen molar-refractivity contribution >= 4 is 29.5 Å². The van der Waals surface area contributed by atoms with Crippen molar-refractivity contribution in [3.8, 4) is 0 Å². The molecule has 0 bridgehead atoms. The van der Waals surface area contributed by atoms with Crippen molar-refractivity contribution in [2.24, 2.45) is 0 Å². The highest BCUT2D eigenvalue weighted by molar-refractivity contribution is 7.99. The molecule has 1 aromatic heterocycles. The highest BCUT2D eigenvalue weighted by Crippen LogP contribution is 2.24. The first-order valence-corrected chi connectivity index (χ1v) is 9.27. The third kappa shape index (κ3) is 3.87. The molecule has 0 saturated carbocycles. The van der Waals surface area contributed by atoms with E-state index in [1.54, 1.807) is 6.20 Å². The average Bonchev–Trinajstić information content (AvgIpc) is 2.63. The second kappa shape index (κ2) is 7.83. The molecule has 1 aromatic rings. The topological polar surface area (TPSA) is 70.6 Å². The number of piperazine rings is 1. The van der Waals surface area contributed by atoms with Gasteiger partial charge in [-0.25, -0.2) is 9.78 Å². The molecule has 126 valence electrons. The maximum Gasteiger partial charge on any atom is 0.343 e. The minimum absolute atomic E-state index is 0.340. The summed E-state index contributed by atoms with van der Waals surface area (Å²) in [5, 5.41) is 3.32. The number of rotatable bonds is 4. The summed E-state index contributed by atoms with van der Waals surface area (Å²) in [6, 6.07) is 0. The van der Waals surface area contributed by atoms with Gasteiger partial charge in [-0.2, -0.15) is 16.7 Å². The van der Waals surface area contributed by atoms with Gasteiger partial charge >= 0.3 is 5.97 Å². The van der Waals surface area contributed by atoms with Crippen LogP contribution in [-0.4, -0.2) is 73.3 Å². The summed E-state index contributed by atoms with van der Waals surface area (Å²) in [5.74, 6) is 3.18. The SMILES string of the molecule is CCOC(=O)c1cnc(N2CCNCC2)nc1N1CCSCC1. The molecule has 2 fully saturated rings. The summed E-state index contributed by atoms with van der Waals surface area (Å²) < 4.78 is 5.17. The van der Waals surface area contributed by atoms with Crippen LogP contribution in [0.3, 0.4) is 0 Å². The van der Waals surface area contributed by atoms with Gasteiger partial charge in [-0.15, -0.1) is 0 Å². The van der Waals surface area contributed by atoms with E-state index < -0.39 is 0 Å². The summed E-state index contributed by atoms with van der Waals surface area (Å²) in [4.78, 5) is 25.7. The van der Waals surface area contributed by atoms with E-state index in [1.165, 1.54) is 0 Å². The van der Waals surface area contributed by atoms with Crippen LogP contribution in [0.2, 0.25) is 0 Å². The van der Waals surface area contributed by atoms with E-state index in [2.05, 4.69) is 20.1 Å². The number of hydrogen-bond acceptors (Lipinski definition) is 8. The second-order valence-corrected chi connectivity index (χ2v) is 6.69. The van der Waals surface area contributed by atoms with Crippen molar-refractivity contribution in [3.05, 3.63) is 11.8 Å². The molecule has 7 nitrogen and oxygen atoms in total. The monoisotopic (exact) mass is 337 g/mol. The van der Waals surface area contributed by atoms with E-state index >= 15 is 0 Å². The van der Waals surface area contributed by atoms with Crippen LogP contribution in [0.5, 0.6) is 0 Å². The molecule has 0 aliphatic carbocycles. The van der Waals surface area contributed by atoms with Crippen molar-refractivity contribution in [2.45, 2.75) is 6.92 Å². The lowest BCUT2D eigenvalue weighted by atomic mass is 10.2. The van der Waals surface area contributed by atoms with Crippen molar-refractivity contribution in [3.63, 3.8) is 0 Å². The van der Waals surface area contributed by atoms with Crippen LogP contribution in [0.25, 0.3) is 0 Å². The van der Waals surface area contributed by atoms with Gasteiger partial charge in [-0.3, -0.25) is 0 Å². The molecule has 0 aromatic carbocycles. The zero-order valence-electron chi connectivity index (χ0n) is 13.5. The van der Waals surface area contributed by atoms with Gasteiger partial charge < -0.3 is 19.9 Å². The van der Waals surface area contributed by atoms with Gasteiger partial charge in [0.1, 0.15) is 11.4 Å². The van der Waals surface area contributed by atoms with Crippen molar-refractivity contribution in [2.75, 3.05) is 67.2 Å². The summed E-state index contributed by atoms with van der Waals surface area (Å²) in [5.41, 5.74) is 0.470. The lowest BCUT2D eigenvalue weighted by Crippen LogP contribution is -2.44. The molecule has 1 N–H and O–H groups in total. The van der Waals surface area contributed by atoms with E-state index in [9.17, 15) is 4.79 Å². The number of carbonyl (C=O) groups is 1. The van der Waals surface area contributed by atoms with Crippen LogP contribution in [0.15, 0.2) is 6.20 Å². The lowest BCUT2D eigenvalue weighted by Gasteiger charge is -2.31. The molecule has 2 saturated heterocycles. The van der Waals surface area contributed by atoms with Gasteiger partial charge in [0, 0.05) is 57.0 Å². The van der Waals surface area contributed by atoms with Gasteiger partial charge in [-0.05, 0) is 6.92 Å². The van der Waals surface area contributed by atoms with Crippen molar-refractivity contribution in [1.29, 1.82) is 0 Å². The Hall–Kier alpha value is -1.54. The van der Waals surface area contributed by atoms with Crippen LogP contribution in [0.1, 0.15) is 17.3 Å². The first-order valence-electron chi connectivity index (χ1n) is 8.12. The smallest absolute Gasteiger partial charge is 0.343 e. The normalized spacial score (nSPS) is 18.8. The Kier molecular flexibility index (Phi) is 5.56. The molecular formula is C15H23N5O2S. The summed E-state index contributed by atoms with van der Waals surface area (Å²) >= 11 is 1.93. The fourth-order valence-corrected chi connectivity index (χ4v) is 3.65. The van der Waals surface area contributed by atoms with Crippen LogP contribution in [0.4, 0.5) is 11.8 Å². The highest BCUT2D eigenvalue weighted by Gasteiger charge is 2.24. The van der Waals surface area contributed by atoms with Crippen molar-refractivity contribution in [1.82, 2.24) is 15.3 Å². The number of ether oxygens (including phenoxy) is 1. The van der Waals surface area contributed by atoms with Gasteiger partial charge in [0.15, 0.2) is 0 Å². The molecule has 3 rings (SSSR count). The molecule has 2 aliphatic rings. The Labute approximate surface area is 140 Å². The van der Waals surface area contributed by atoms with Crippen molar-refractivity contribution < 1.29 is 9.53 Å². The number of thioether (sulfide) groups is 1. The largest absolute Gasteiger partial charge is 0.462 e. The molecule has 3 heterocycles. The number of esters is 1. The average molecular weight is 337 g/mol. The Morgan fingerprint density at radius 1 is 1.26 bits per heavy atom. The molecule has 8 heteroatoms. The van der Waals surface area contributed by atoms with E-state index in [0.29, 0.717) is 23.9 Å². The number of hydrogen-bond donors (Lipinski definition) is 1. The number of nitrogens with zero attached hydrogens (tertiary/aromatic N) is 4. The number of nitrogens with one attached hydrogen (secondary N) is 1. The molecular weight excluding hydrogens is 314 g/mol. The molecule has 0 amide bonds. The first-order chi connectivity index (χ1) is 11.3. The predicted molar refractivity (Wildman–Crippen MR) is 92.6 cm³/mol. The molecule has 0 unspecified atom stereocenters. The standard InChI is InChI=1S/C15H23N5O2S/c1-2-22-14(21)12-11-17-15(20-5-3-16-4-6-20)18-13(12)19-7-9-23-10-8-19/h11,16H,2-10H2,1H3. The molecule has 0 radical (unpaired) electrons. The van der Waals surface area contributed by atoms with E-state index in [0.717, 1.165) is 50.8 Å². The van der Waals surface area contributed by atoms with Gasteiger partial charge in [0.25, 0.3) is 0 Å². The molecule has 0 spiro atoms. The maximum absolute atomic E-state index is 12.2. The zero-order valence-corrected chi connectivity index (χ0v) is 14.3. The maximum atomic E-state index is 12.2. The van der Waals surface area contributed by atoms with Crippen LogP contribution < -0.4 is 15.1 Å². The van der Waals surface area contributed by atoms with Gasteiger partial charge in [-0.1, -0.05) is 0 Å². The summed E-state index contributed by atoms with van der Waals surface area (Å²) in [6.07, 6.45) is 1.62. The fourth-order valence-electron chi connectivity index (χ4n) is 2.75. The molecule has 2 aliphatic heterocycles. The summed E-state index contributed by atoms with van der Waals surface area (Å²) in [7, 11) is 0. The lowest BCUT2D eigenvalue weighted by molar-refractivity contribution is 0.0526. The number of anilines is 2. The number of carbonyl (C=O) groups excluding carboxylic acids is 1. The van der Waals surface area contributed by atoms with Crippen LogP contribution in [-0.2, 0) is 4.74 Å². The van der Waals surface area contributed by atoms with Gasteiger partial charge in [0.2, 0.25) is 5.95 Å². The first kappa shape index (κ1) is 16.3. The Morgan fingerprint density at radius 3 is 2.70 bits per heavy atom. The van der Waals surface area contributed by atoms with Crippen LogP contribution >= 0.6 is 11.8 Å². The van der Waals surface area contributed by atoms with E-state index in [4.69, 9.17) is 9.72 Å². The molecule has 0 atom stereocenters. The Morgan fingerprint density at radius 2 is 2.00 bits per heavy atom. The quantitative estimate of drug-likeness (QED) is 0.802. The Balaban J connectivity index is 1.90. The predicted octanol–water partition coefficient (Wildman–Crippen LogP) is 0.616. The number of aromatic nitrogens is 2. The summed E-state index contributed by atoms with van der Waals surface area (Å²) in [6.45, 7) is 7.59. The van der Waals surface area contributed by atoms with E-state index in [-0.39, 0.29) is 5.97 Å². The van der Waals surface area contributed by atoms with Gasteiger partial charge in [0.05, 0.1) is 6.61 Å². The minimum Gasteiger partial charge on any atom is -0.462 e. The Bertz CT molecular complexity index is 545. The minimum atomic E-state index is -0.340. The third-order valence-corrected chi connectivity index (χ3v) is 4.90. The third-order valence-electron chi connectivity index (χ3n) is 3.96. The fraction of sp³-hybridized carbons (Fsp3) is 0.667. The second-order valence-electron chi connectivity index (χ2n) is 5.46. The highest BCUT2D eigenvalue weighted by atomic mass is 32.2. The zero-order chi connectivity index (χ0) is 16.1. The van der Waals surface area contributed by atoms with Crippen LogP contribution in [0, 0.1) is 0 Å². The van der Waals surface area contributed by atoms with E-state index in [1.807, 2.05) is 18.7 Å². The molecule has 23 heavy (non-hydrogen) atoms.